The van der Waals surface area contributed by atoms with Gasteiger partial charge in [0.1, 0.15) is 17.4 Å². The van der Waals surface area contributed by atoms with Crippen molar-refractivity contribution in [1.82, 2.24) is 9.88 Å². The highest BCUT2D eigenvalue weighted by Gasteiger charge is 2.25. The fraction of sp³-hybridized carbons (Fsp3) is 0.292. The summed E-state index contributed by atoms with van der Waals surface area (Å²) < 4.78 is 5.92. The Bertz CT molecular complexity index is 1060. The van der Waals surface area contributed by atoms with Gasteiger partial charge in [-0.1, -0.05) is 42.0 Å². The van der Waals surface area contributed by atoms with Gasteiger partial charge in [-0.05, 0) is 31.5 Å². The lowest BCUT2D eigenvalue weighted by molar-refractivity contribution is -0.141. The lowest BCUT2D eigenvalue weighted by Gasteiger charge is -2.19. The lowest BCUT2D eigenvalue weighted by atomic mass is 9.94. The maximum absolute atomic E-state index is 12.4. The van der Waals surface area contributed by atoms with Crippen LogP contribution in [0.25, 0.3) is 10.6 Å². The van der Waals surface area contributed by atoms with E-state index in [1.54, 1.807) is 49.7 Å². The summed E-state index contributed by atoms with van der Waals surface area (Å²) in [7, 11) is 3.24. The number of ether oxygens (including phenoxy) is 1. The first-order valence-electron chi connectivity index (χ1n) is 9.93. The Hall–Kier alpha value is -3.19. The molecule has 6 nitrogen and oxygen atoms in total. The van der Waals surface area contributed by atoms with Crippen LogP contribution in [0.4, 0.5) is 0 Å². The molecule has 0 aliphatic heterocycles. The van der Waals surface area contributed by atoms with Crippen LogP contribution in [0.5, 0.6) is 5.75 Å². The summed E-state index contributed by atoms with van der Waals surface area (Å²) in [5.74, 6) is -1.31. The van der Waals surface area contributed by atoms with Crippen molar-refractivity contribution in [3.8, 4) is 16.3 Å². The van der Waals surface area contributed by atoms with E-state index in [-0.39, 0.29) is 12.3 Å². The Balaban J connectivity index is 1.69. The maximum atomic E-state index is 12.4. The van der Waals surface area contributed by atoms with Crippen molar-refractivity contribution in [3.63, 3.8) is 0 Å². The first kappa shape index (κ1) is 22.5. The third-order valence-corrected chi connectivity index (χ3v) is 6.14. The van der Waals surface area contributed by atoms with Gasteiger partial charge in [-0.15, -0.1) is 11.3 Å². The smallest absolute Gasteiger partial charge is 0.304 e. The van der Waals surface area contributed by atoms with Crippen LogP contribution in [0.3, 0.4) is 0 Å². The Labute approximate surface area is 186 Å². The van der Waals surface area contributed by atoms with E-state index in [0.29, 0.717) is 17.9 Å². The largest absolute Gasteiger partial charge is 0.488 e. The van der Waals surface area contributed by atoms with Crippen molar-refractivity contribution in [2.45, 2.75) is 32.8 Å². The number of carboxylic acids is 1. The molecule has 0 saturated carbocycles. The number of amides is 1. The van der Waals surface area contributed by atoms with Gasteiger partial charge in [-0.25, -0.2) is 4.98 Å². The van der Waals surface area contributed by atoms with Crippen LogP contribution >= 0.6 is 11.3 Å². The van der Waals surface area contributed by atoms with Crippen molar-refractivity contribution < 1.29 is 19.4 Å². The second kappa shape index (κ2) is 9.75. The molecule has 1 unspecified atom stereocenters. The first-order valence-corrected chi connectivity index (χ1v) is 10.8. The lowest BCUT2D eigenvalue weighted by Crippen LogP contribution is -2.29. The highest BCUT2D eigenvalue weighted by atomic mass is 32.1. The Kier molecular flexibility index (Phi) is 7.07. The maximum Gasteiger partial charge on any atom is 0.304 e. The molecule has 0 bridgehead atoms. The van der Waals surface area contributed by atoms with E-state index in [9.17, 15) is 9.59 Å². The fourth-order valence-electron chi connectivity index (χ4n) is 3.16. The number of carboxylic acid groups (broad SMARTS) is 1. The average Bonchev–Trinajstić information content (AvgIpc) is 3.11. The third kappa shape index (κ3) is 5.70. The second-order valence-corrected chi connectivity index (χ2v) is 8.72. The van der Waals surface area contributed by atoms with Gasteiger partial charge >= 0.3 is 5.97 Å². The van der Waals surface area contributed by atoms with E-state index in [1.807, 2.05) is 6.92 Å². The number of benzene rings is 2. The highest BCUT2D eigenvalue weighted by molar-refractivity contribution is 7.15. The Morgan fingerprint density at radius 1 is 1.06 bits per heavy atom. The number of hydrogen-bond donors (Lipinski definition) is 1. The van der Waals surface area contributed by atoms with Gasteiger partial charge in [0.2, 0.25) is 5.91 Å². The second-order valence-electron chi connectivity index (χ2n) is 7.63. The number of carbonyl (C=O) groups excluding carboxylic acids is 1. The topological polar surface area (TPSA) is 79.7 Å². The summed E-state index contributed by atoms with van der Waals surface area (Å²) in [6, 6.07) is 15.3. The molecular formula is C24H26N2O4S. The van der Waals surface area contributed by atoms with Gasteiger partial charge in [0.05, 0.1) is 22.9 Å². The molecule has 1 atom stereocenters. The number of thiazole rings is 1. The summed E-state index contributed by atoms with van der Waals surface area (Å²) in [4.78, 5) is 30.7. The zero-order valence-corrected chi connectivity index (χ0v) is 18.9. The SMILES string of the molecule is Cc1ccc(-c2nc(C)c(COc3ccc(C(CC(=O)O)C(=O)N(C)C)cc3)s2)cc1. The van der Waals surface area contributed by atoms with Gasteiger partial charge < -0.3 is 14.7 Å². The van der Waals surface area contributed by atoms with Gasteiger partial charge in [0.25, 0.3) is 0 Å². The van der Waals surface area contributed by atoms with E-state index in [0.717, 1.165) is 21.1 Å². The Morgan fingerprint density at radius 3 is 2.29 bits per heavy atom. The van der Waals surface area contributed by atoms with Gasteiger partial charge in [0.15, 0.2) is 0 Å². The van der Waals surface area contributed by atoms with Crippen molar-refractivity contribution in [1.29, 1.82) is 0 Å². The molecule has 0 fully saturated rings. The van der Waals surface area contributed by atoms with Crippen LogP contribution in [0.15, 0.2) is 48.5 Å². The monoisotopic (exact) mass is 438 g/mol. The van der Waals surface area contributed by atoms with Crippen LogP contribution in [0.1, 0.15) is 34.0 Å². The predicted molar refractivity (Wildman–Crippen MR) is 121 cm³/mol. The van der Waals surface area contributed by atoms with Crippen LogP contribution < -0.4 is 4.74 Å². The molecule has 1 N–H and O–H groups in total. The number of aliphatic carboxylic acids is 1. The van der Waals surface area contributed by atoms with E-state index < -0.39 is 11.9 Å². The predicted octanol–water partition coefficient (Wildman–Crippen LogP) is 4.65. The molecule has 0 spiro atoms. The number of rotatable bonds is 8. The molecule has 1 aromatic heterocycles. The highest BCUT2D eigenvalue weighted by Crippen LogP contribution is 2.30. The van der Waals surface area contributed by atoms with Crippen LogP contribution in [0, 0.1) is 13.8 Å². The zero-order chi connectivity index (χ0) is 22.5. The molecule has 3 aromatic rings. The molecule has 7 heteroatoms. The fourth-order valence-corrected chi connectivity index (χ4v) is 4.14. The minimum Gasteiger partial charge on any atom is -0.488 e. The van der Waals surface area contributed by atoms with Crippen LogP contribution in [0.2, 0.25) is 0 Å². The summed E-state index contributed by atoms with van der Waals surface area (Å²) in [5.41, 5.74) is 3.89. The van der Waals surface area contributed by atoms with Crippen molar-refractivity contribution in [2.24, 2.45) is 0 Å². The van der Waals surface area contributed by atoms with Crippen molar-refractivity contribution in [2.75, 3.05) is 14.1 Å². The zero-order valence-electron chi connectivity index (χ0n) is 18.1. The number of hydrogen-bond acceptors (Lipinski definition) is 5. The minimum absolute atomic E-state index is 0.236. The Morgan fingerprint density at radius 2 is 1.71 bits per heavy atom. The number of carbonyl (C=O) groups is 2. The average molecular weight is 439 g/mol. The van der Waals surface area contributed by atoms with Gasteiger partial charge in [-0.2, -0.15) is 0 Å². The summed E-state index contributed by atoms with van der Waals surface area (Å²) in [6.45, 7) is 4.42. The molecule has 31 heavy (non-hydrogen) atoms. The van der Waals surface area contributed by atoms with Gasteiger partial charge in [-0.3, -0.25) is 9.59 Å². The first-order chi connectivity index (χ1) is 14.7. The number of nitrogens with zero attached hydrogens (tertiary/aromatic N) is 2. The molecule has 2 aromatic carbocycles. The third-order valence-electron chi connectivity index (χ3n) is 4.96. The quantitative estimate of drug-likeness (QED) is 0.554. The summed E-state index contributed by atoms with van der Waals surface area (Å²) in [6.07, 6.45) is -0.251. The molecule has 0 aliphatic rings. The molecule has 1 heterocycles. The number of aromatic nitrogens is 1. The van der Waals surface area contributed by atoms with E-state index in [2.05, 4.69) is 36.2 Å². The molecule has 0 saturated heterocycles. The van der Waals surface area contributed by atoms with Crippen molar-refractivity contribution >= 4 is 23.2 Å². The molecule has 3 rings (SSSR count). The summed E-state index contributed by atoms with van der Waals surface area (Å²) in [5, 5.41) is 10.1. The van der Waals surface area contributed by atoms with Crippen LogP contribution in [-0.2, 0) is 16.2 Å². The van der Waals surface area contributed by atoms with E-state index in [1.165, 1.54) is 10.5 Å². The van der Waals surface area contributed by atoms with E-state index in [4.69, 9.17) is 9.84 Å². The molecule has 1 amide bonds. The normalized spacial score (nSPS) is 11.7. The van der Waals surface area contributed by atoms with Crippen LogP contribution in [-0.4, -0.2) is 41.0 Å². The molecular weight excluding hydrogens is 412 g/mol. The van der Waals surface area contributed by atoms with Gasteiger partial charge in [0, 0.05) is 19.7 Å². The molecule has 0 aliphatic carbocycles. The van der Waals surface area contributed by atoms with E-state index >= 15 is 0 Å². The standard InChI is InChI=1S/C24H26N2O4S/c1-15-5-7-18(8-6-15)23-25-16(2)21(31-23)14-30-19-11-9-17(10-12-19)20(13-22(27)28)24(29)26(3)4/h5-12,20H,13-14H2,1-4H3,(H,27,28). The number of likely N-dealkylation sites (N-methyl/N-ethyl adjacent to an activating group) is 1. The summed E-state index contributed by atoms with van der Waals surface area (Å²) >= 11 is 1.61. The molecule has 162 valence electrons. The molecule has 0 radical (unpaired) electrons. The van der Waals surface area contributed by atoms with Crippen molar-refractivity contribution in [3.05, 3.63) is 70.2 Å². The minimum atomic E-state index is -1.01. The number of aryl methyl sites for hydroxylation is 2.